The van der Waals surface area contributed by atoms with Gasteiger partial charge in [0.2, 0.25) is 0 Å². The van der Waals surface area contributed by atoms with Crippen LogP contribution >= 0.6 is 0 Å². The molecule has 2 rings (SSSR count). The standard InChI is InChI=1S/C12H17NO/c1-3-4-10-5-6-12-11(7-10)13-9(2)8-14-12/h5-7,9,13H,3-4,8H2,1-2H3. The Balaban J connectivity index is 2.24. The van der Waals surface area contributed by atoms with Gasteiger partial charge in [-0.2, -0.15) is 0 Å². The first-order valence-electron chi connectivity index (χ1n) is 5.32. The van der Waals surface area contributed by atoms with Crippen LogP contribution in [0, 0.1) is 0 Å². The van der Waals surface area contributed by atoms with E-state index in [9.17, 15) is 0 Å². The van der Waals surface area contributed by atoms with Crippen molar-refractivity contribution < 1.29 is 4.74 Å². The van der Waals surface area contributed by atoms with Gasteiger partial charge in [-0.15, -0.1) is 0 Å². The van der Waals surface area contributed by atoms with Crippen molar-refractivity contribution in [3.8, 4) is 5.75 Å². The molecular formula is C12H17NO. The van der Waals surface area contributed by atoms with E-state index in [0.29, 0.717) is 6.04 Å². The van der Waals surface area contributed by atoms with Gasteiger partial charge in [-0.25, -0.2) is 0 Å². The molecule has 1 N–H and O–H groups in total. The first kappa shape index (κ1) is 9.38. The summed E-state index contributed by atoms with van der Waals surface area (Å²) in [5, 5.41) is 3.43. The van der Waals surface area contributed by atoms with Gasteiger partial charge in [0.1, 0.15) is 12.4 Å². The Morgan fingerprint density at radius 1 is 1.50 bits per heavy atom. The van der Waals surface area contributed by atoms with Gasteiger partial charge in [-0.3, -0.25) is 0 Å². The van der Waals surface area contributed by atoms with E-state index in [1.54, 1.807) is 0 Å². The summed E-state index contributed by atoms with van der Waals surface area (Å²) in [6, 6.07) is 6.84. The van der Waals surface area contributed by atoms with Crippen LogP contribution in [0.4, 0.5) is 5.69 Å². The Labute approximate surface area is 85.3 Å². The predicted octanol–water partition coefficient (Wildman–Crippen LogP) is 2.83. The van der Waals surface area contributed by atoms with E-state index >= 15 is 0 Å². The van der Waals surface area contributed by atoms with Crippen molar-refractivity contribution in [1.82, 2.24) is 0 Å². The summed E-state index contributed by atoms with van der Waals surface area (Å²) >= 11 is 0. The average molecular weight is 191 g/mol. The Kier molecular flexibility index (Phi) is 2.62. The lowest BCUT2D eigenvalue weighted by Crippen LogP contribution is -2.28. The lowest BCUT2D eigenvalue weighted by atomic mass is 10.1. The molecule has 1 aromatic rings. The number of benzene rings is 1. The second-order valence-corrected chi connectivity index (χ2v) is 3.94. The molecule has 0 saturated carbocycles. The van der Waals surface area contributed by atoms with Crippen LogP contribution in [-0.4, -0.2) is 12.6 Å². The van der Waals surface area contributed by atoms with Crippen LogP contribution < -0.4 is 10.1 Å². The molecule has 1 heterocycles. The zero-order chi connectivity index (χ0) is 9.97. The molecule has 1 atom stereocenters. The van der Waals surface area contributed by atoms with Crippen LogP contribution in [0.15, 0.2) is 18.2 Å². The molecule has 0 bridgehead atoms. The third kappa shape index (κ3) is 1.84. The molecule has 2 nitrogen and oxygen atoms in total. The van der Waals surface area contributed by atoms with Gasteiger partial charge in [0.25, 0.3) is 0 Å². The predicted molar refractivity (Wildman–Crippen MR) is 59.0 cm³/mol. The monoisotopic (exact) mass is 191 g/mol. The molecule has 0 amide bonds. The van der Waals surface area contributed by atoms with Gasteiger partial charge in [-0.1, -0.05) is 19.4 Å². The summed E-state index contributed by atoms with van der Waals surface area (Å²) in [4.78, 5) is 0. The zero-order valence-electron chi connectivity index (χ0n) is 8.84. The van der Waals surface area contributed by atoms with Gasteiger partial charge >= 0.3 is 0 Å². The molecule has 1 aliphatic rings. The van der Waals surface area contributed by atoms with E-state index in [1.807, 2.05) is 0 Å². The highest BCUT2D eigenvalue weighted by atomic mass is 16.5. The third-order valence-electron chi connectivity index (χ3n) is 2.47. The second-order valence-electron chi connectivity index (χ2n) is 3.94. The van der Waals surface area contributed by atoms with Crippen molar-refractivity contribution in [2.24, 2.45) is 0 Å². The minimum atomic E-state index is 0.416. The van der Waals surface area contributed by atoms with Crippen molar-refractivity contribution in [2.45, 2.75) is 32.7 Å². The summed E-state index contributed by atoms with van der Waals surface area (Å²) in [7, 11) is 0. The van der Waals surface area contributed by atoms with Crippen molar-refractivity contribution in [3.63, 3.8) is 0 Å². The fraction of sp³-hybridized carbons (Fsp3) is 0.500. The minimum Gasteiger partial charge on any atom is -0.489 e. The molecule has 0 aliphatic carbocycles. The van der Waals surface area contributed by atoms with Crippen LogP contribution in [0.3, 0.4) is 0 Å². The van der Waals surface area contributed by atoms with Crippen molar-refractivity contribution in [1.29, 1.82) is 0 Å². The number of anilines is 1. The van der Waals surface area contributed by atoms with Crippen molar-refractivity contribution in [3.05, 3.63) is 23.8 Å². The SMILES string of the molecule is CCCc1ccc2c(c1)NC(C)CO2. The third-order valence-corrected chi connectivity index (χ3v) is 2.47. The van der Waals surface area contributed by atoms with Gasteiger partial charge in [0.15, 0.2) is 0 Å². The first-order valence-corrected chi connectivity index (χ1v) is 5.32. The number of ether oxygens (including phenoxy) is 1. The first-order chi connectivity index (χ1) is 6.79. The highest BCUT2D eigenvalue weighted by molar-refractivity contribution is 5.59. The maximum Gasteiger partial charge on any atom is 0.142 e. The van der Waals surface area contributed by atoms with Gasteiger partial charge in [0, 0.05) is 0 Å². The van der Waals surface area contributed by atoms with Crippen molar-refractivity contribution >= 4 is 5.69 Å². The highest BCUT2D eigenvalue weighted by Crippen LogP contribution is 2.29. The summed E-state index contributed by atoms with van der Waals surface area (Å²) in [6.45, 7) is 5.10. The largest absolute Gasteiger partial charge is 0.489 e. The average Bonchev–Trinajstić information content (AvgIpc) is 2.17. The molecular weight excluding hydrogens is 174 g/mol. The van der Waals surface area contributed by atoms with Gasteiger partial charge in [0.05, 0.1) is 11.7 Å². The van der Waals surface area contributed by atoms with Crippen LogP contribution in [0.25, 0.3) is 0 Å². The fourth-order valence-corrected chi connectivity index (χ4v) is 1.78. The summed E-state index contributed by atoms with van der Waals surface area (Å²) in [5.74, 6) is 0.989. The van der Waals surface area contributed by atoms with Crippen LogP contribution in [0.5, 0.6) is 5.75 Å². The van der Waals surface area contributed by atoms with E-state index in [4.69, 9.17) is 4.74 Å². The normalized spacial score (nSPS) is 19.4. The van der Waals surface area contributed by atoms with E-state index in [2.05, 4.69) is 37.4 Å². The van der Waals surface area contributed by atoms with Crippen LogP contribution in [0.2, 0.25) is 0 Å². The lowest BCUT2D eigenvalue weighted by molar-refractivity contribution is 0.292. The van der Waals surface area contributed by atoms with Gasteiger partial charge < -0.3 is 10.1 Å². The molecule has 14 heavy (non-hydrogen) atoms. The quantitative estimate of drug-likeness (QED) is 0.776. The van der Waals surface area contributed by atoms with E-state index in [1.165, 1.54) is 12.0 Å². The van der Waals surface area contributed by atoms with E-state index in [0.717, 1.165) is 24.5 Å². The molecule has 0 saturated heterocycles. The number of nitrogens with one attached hydrogen (secondary N) is 1. The Morgan fingerprint density at radius 3 is 3.14 bits per heavy atom. The van der Waals surface area contributed by atoms with Crippen molar-refractivity contribution in [2.75, 3.05) is 11.9 Å². The maximum absolute atomic E-state index is 5.61. The highest BCUT2D eigenvalue weighted by Gasteiger charge is 2.14. The molecule has 76 valence electrons. The number of rotatable bonds is 2. The molecule has 2 heteroatoms. The molecule has 0 radical (unpaired) electrons. The smallest absolute Gasteiger partial charge is 0.142 e. The number of hydrogen-bond donors (Lipinski definition) is 1. The summed E-state index contributed by atoms with van der Waals surface area (Å²) < 4.78 is 5.61. The Hall–Kier alpha value is -1.18. The summed E-state index contributed by atoms with van der Waals surface area (Å²) in [6.07, 6.45) is 2.33. The lowest BCUT2D eigenvalue weighted by Gasteiger charge is -2.25. The van der Waals surface area contributed by atoms with Crippen LogP contribution in [0.1, 0.15) is 25.8 Å². The molecule has 1 aromatic carbocycles. The number of aryl methyl sites for hydroxylation is 1. The Morgan fingerprint density at radius 2 is 2.36 bits per heavy atom. The van der Waals surface area contributed by atoms with E-state index < -0.39 is 0 Å². The minimum absolute atomic E-state index is 0.416. The molecule has 1 unspecified atom stereocenters. The molecule has 0 aromatic heterocycles. The summed E-state index contributed by atoms with van der Waals surface area (Å²) in [5.41, 5.74) is 2.53. The Bertz CT molecular complexity index is 322. The molecule has 0 spiro atoms. The molecule has 0 fully saturated rings. The van der Waals surface area contributed by atoms with E-state index in [-0.39, 0.29) is 0 Å². The number of fused-ring (bicyclic) bond motifs is 1. The van der Waals surface area contributed by atoms with Crippen LogP contribution in [-0.2, 0) is 6.42 Å². The molecule has 1 aliphatic heterocycles. The van der Waals surface area contributed by atoms with Gasteiger partial charge in [-0.05, 0) is 31.0 Å². The fourth-order valence-electron chi connectivity index (χ4n) is 1.78. The number of hydrogen-bond acceptors (Lipinski definition) is 2. The second kappa shape index (κ2) is 3.91. The zero-order valence-corrected chi connectivity index (χ0v) is 8.84. The maximum atomic E-state index is 5.61. The topological polar surface area (TPSA) is 21.3 Å².